The summed E-state index contributed by atoms with van der Waals surface area (Å²) in [6.45, 7) is 12.7. The van der Waals surface area contributed by atoms with Crippen molar-refractivity contribution in [2.45, 2.75) is 106 Å². The first kappa shape index (κ1) is 51.6. The average Bonchev–Trinajstić information content (AvgIpc) is 3.43. The van der Waals surface area contributed by atoms with E-state index < -0.39 is 13.9 Å². The predicted molar refractivity (Wildman–Crippen MR) is 221 cm³/mol. The zero-order valence-corrected chi connectivity index (χ0v) is 33.4. The van der Waals surface area contributed by atoms with Crippen molar-refractivity contribution in [3.8, 4) is 0 Å². The third-order valence-electron chi connectivity index (χ3n) is 7.70. The van der Waals surface area contributed by atoms with Crippen LogP contribution >= 0.6 is 20.4 Å². The molecule has 0 radical (unpaired) electrons. The van der Waals surface area contributed by atoms with Crippen LogP contribution in [-0.2, 0) is 30.2 Å². The Hall–Kier alpha value is -3.52. The molecule has 2 heterocycles. The van der Waals surface area contributed by atoms with E-state index in [9.17, 15) is 19.2 Å². The van der Waals surface area contributed by atoms with Crippen molar-refractivity contribution >= 4 is 61.1 Å². The van der Waals surface area contributed by atoms with Crippen LogP contribution in [0.5, 0.6) is 0 Å². The molecule has 1 saturated heterocycles. The van der Waals surface area contributed by atoms with Crippen LogP contribution in [0.3, 0.4) is 0 Å². The van der Waals surface area contributed by atoms with Gasteiger partial charge < -0.3 is 42.1 Å². The zero-order chi connectivity index (χ0) is 38.3. The molecule has 2 aliphatic heterocycles. The molecular formula is C38H65N6O7PS. The summed E-state index contributed by atoms with van der Waals surface area (Å²) in [5, 5.41) is 2.30. The smallest absolute Gasteiger partial charge is 0.327 e. The van der Waals surface area contributed by atoms with Crippen molar-refractivity contribution in [2.75, 3.05) is 30.3 Å². The first-order valence-electron chi connectivity index (χ1n) is 17.9. The van der Waals surface area contributed by atoms with Crippen LogP contribution in [0.4, 0.5) is 5.69 Å². The molecule has 4 rings (SSSR count). The minimum Gasteiger partial charge on any atom is -0.397 e. The second-order valence-corrected chi connectivity index (χ2v) is 12.9. The van der Waals surface area contributed by atoms with Gasteiger partial charge in [0.2, 0.25) is 23.6 Å². The van der Waals surface area contributed by atoms with Gasteiger partial charge in [-0.15, -0.1) is 11.8 Å². The number of imide groups is 1. The fourth-order valence-corrected chi connectivity index (χ4v) is 6.80. The molecular weight excluding hydrogens is 715 g/mol. The van der Waals surface area contributed by atoms with Gasteiger partial charge in [-0.25, -0.2) is 0 Å². The number of thioether (sulfide) groups is 1. The lowest BCUT2D eigenvalue weighted by atomic mass is 9.96. The fraction of sp³-hybridized carbons (Fsp3) is 0.526. The fourth-order valence-electron chi connectivity index (χ4n) is 5.32. The molecule has 0 spiro atoms. The number of hydrogen-bond donors (Lipinski definition) is 6. The van der Waals surface area contributed by atoms with Gasteiger partial charge in [0.15, 0.2) is 0 Å². The van der Waals surface area contributed by atoms with Crippen LogP contribution in [0.2, 0.25) is 0 Å². The molecule has 1 atom stereocenters. The number of rotatable bonds is 15. The molecule has 2 aromatic rings. The minimum atomic E-state index is -2.31. The van der Waals surface area contributed by atoms with Crippen molar-refractivity contribution in [1.82, 2.24) is 16.4 Å². The van der Waals surface area contributed by atoms with Gasteiger partial charge in [0, 0.05) is 43.5 Å². The molecule has 1 unspecified atom stereocenters. The highest BCUT2D eigenvalue weighted by Crippen LogP contribution is 2.34. The number of fused-ring (bicyclic) bond motifs is 2. The molecule has 4 amide bonds. The maximum Gasteiger partial charge on any atom is 0.327 e. The van der Waals surface area contributed by atoms with Gasteiger partial charge in [-0.3, -0.25) is 24.1 Å². The van der Waals surface area contributed by atoms with E-state index >= 15 is 0 Å². The number of anilines is 1. The topological polar surface area (TPSA) is 224 Å². The summed E-state index contributed by atoms with van der Waals surface area (Å²) in [5.41, 5.74) is 16.6. The van der Waals surface area contributed by atoms with E-state index in [1.165, 1.54) is 11.8 Å². The van der Waals surface area contributed by atoms with Gasteiger partial charge in [-0.1, -0.05) is 104 Å². The summed E-state index contributed by atoms with van der Waals surface area (Å²) in [6, 6.07) is 14.8. The molecule has 53 heavy (non-hydrogen) atoms. The number of hydrogen-bond acceptors (Lipinski definition) is 11. The van der Waals surface area contributed by atoms with Crippen molar-refractivity contribution in [3.63, 3.8) is 0 Å². The molecule has 10 N–H and O–H groups in total. The van der Waals surface area contributed by atoms with Crippen molar-refractivity contribution in [2.24, 2.45) is 11.5 Å². The lowest BCUT2D eigenvalue weighted by molar-refractivity contribution is -0.138. The Labute approximate surface area is 322 Å². The van der Waals surface area contributed by atoms with Crippen LogP contribution in [0.25, 0.3) is 11.4 Å². The van der Waals surface area contributed by atoms with Crippen molar-refractivity contribution in [1.29, 1.82) is 0 Å². The third-order valence-corrected chi connectivity index (χ3v) is 9.41. The van der Waals surface area contributed by atoms with E-state index in [1.807, 2.05) is 90.1 Å². The number of nitrogens with one attached hydrogen (secondary N) is 1. The molecule has 0 saturated carbocycles. The van der Waals surface area contributed by atoms with Gasteiger partial charge in [-0.2, -0.15) is 0 Å². The molecule has 2 aliphatic rings. The summed E-state index contributed by atoms with van der Waals surface area (Å²) in [4.78, 5) is 71.5. The first-order valence-corrected chi connectivity index (χ1v) is 20.1. The normalized spacial score (nSPS) is 15.7. The molecule has 0 aliphatic carbocycles. The average molecular weight is 781 g/mol. The number of unbranched alkanes of at least 4 members (excludes halogenated alkanes) is 3. The molecule has 13 nitrogen and oxygen atoms in total. The highest BCUT2D eigenvalue weighted by molar-refractivity contribution is 8.00. The lowest BCUT2D eigenvalue weighted by Crippen LogP contribution is -2.38. The molecule has 0 aromatic heterocycles. The van der Waals surface area contributed by atoms with E-state index in [-0.39, 0.29) is 76.1 Å². The number of nitrogens with two attached hydrogens (primary N) is 2. The van der Waals surface area contributed by atoms with Gasteiger partial charge in [-0.05, 0) is 30.2 Å². The molecule has 2 aromatic carbocycles. The number of benzene rings is 2. The zero-order valence-electron chi connectivity index (χ0n) is 31.7. The standard InChI is InChI=1S/C31H40N5O7PS.3C2H6.CH4.H3N/c32-29-22-10-4-3-9-21(22)20-36(24-12-6-5-11-23(24)30(29)33)27(38)13-15-34-26(37)14-16-35-28(39)19-25(31(35)40)45-18-8-2-1-7-17-43-44(41)42;3*1-2;;/h3-6,9-12,25,41-42H,1-2,7-8,13-20,32-33H2,(H,34,37);3*1-2H3;1H4;1H3/b30-29-;;;;;. The Bertz CT molecular complexity index is 1430. The van der Waals surface area contributed by atoms with E-state index in [2.05, 4.69) is 5.32 Å². The Morgan fingerprint density at radius 2 is 1.47 bits per heavy atom. The monoisotopic (exact) mass is 780 g/mol. The largest absolute Gasteiger partial charge is 0.397 e. The molecule has 300 valence electrons. The van der Waals surface area contributed by atoms with Crippen molar-refractivity contribution in [3.05, 3.63) is 65.2 Å². The van der Waals surface area contributed by atoms with Crippen molar-refractivity contribution < 1.29 is 33.5 Å². The van der Waals surface area contributed by atoms with Crippen LogP contribution < -0.4 is 27.8 Å². The second kappa shape index (κ2) is 28.9. The number of nitrogens with zero attached hydrogens (tertiary/aromatic N) is 2. The summed E-state index contributed by atoms with van der Waals surface area (Å²) in [6.07, 6.45) is 3.48. The van der Waals surface area contributed by atoms with Crippen LogP contribution in [0.15, 0.2) is 48.5 Å². The summed E-state index contributed by atoms with van der Waals surface area (Å²) in [7, 11) is -2.31. The summed E-state index contributed by atoms with van der Waals surface area (Å²) < 4.78 is 4.73. The summed E-state index contributed by atoms with van der Waals surface area (Å²) >= 11 is 1.45. The minimum absolute atomic E-state index is 0. The number of para-hydroxylation sites is 1. The van der Waals surface area contributed by atoms with Gasteiger partial charge in [0.1, 0.15) is 0 Å². The van der Waals surface area contributed by atoms with Crippen LogP contribution in [-0.4, -0.2) is 69.0 Å². The highest BCUT2D eigenvalue weighted by atomic mass is 32.2. The highest BCUT2D eigenvalue weighted by Gasteiger charge is 2.38. The molecule has 15 heteroatoms. The number of carbonyl (C=O) groups excluding carboxylic acids is 4. The van der Waals surface area contributed by atoms with Crippen LogP contribution in [0.1, 0.15) is 111 Å². The van der Waals surface area contributed by atoms with E-state index in [0.717, 1.165) is 47.5 Å². The molecule has 0 bridgehead atoms. The second-order valence-electron chi connectivity index (χ2n) is 10.8. The molecule has 1 fully saturated rings. The summed E-state index contributed by atoms with van der Waals surface area (Å²) in [5.74, 6) is -0.383. The van der Waals surface area contributed by atoms with Gasteiger partial charge in [0.05, 0.1) is 35.5 Å². The number of likely N-dealkylation sites (tertiary alicyclic amines) is 1. The third kappa shape index (κ3) is 16.2. The first-order chi connectivity index (χ1) is 24.7. The van der Waals surface area contributed by atoms with E-state index in [4.69, 9.17) is 25.8 Å². The maximum atomic E-state index is 13.5. The van der Waals surface area contributed by atoms with Crippen LogP contribution in [0, 0.1) is 0 Å². The quantitative estimate of drug-likeness (QED) is 0.0634. The lowest BCUT2D eigenvalue weighted by Gasteiger charge is -2.29. The maximum absolute atomic E-state index is 13.5. The van der Waals surface area contributed by atoms with Gasteiger partial charge in [0.25, 0.3) is 0 Å². The Morgan fingerprint density at radius 3 is 2.13 bits per heavy atom. The van der Waals surface area contributed by atoms with Gasteiger partial charge >= 0.3 is 8.60 Å². The van der Waals surface area contributed by atoms with E-state index in [1.54, 1.807) is 4.90 Å². The number of carbonyl (C=O) groups is 4. The van der Waals surface area contributed by atoms with E-state index in [0.29, 0.717) is 29.3 Å². The Morgan fingerprint density at radius 1 is 0.887 bits per heavy atom. The number of amides is 4. The SMILES string of the molecule is C.CC.CC.CC.N.N/C1=C(\N)c2ccccc2N(C(=O)CCNC(=O)CCN2C(=O)CC(SCCCCCCOP(O)O)C2=O)Cc2ccccc21. The Kier molecular flexibility index (Phi) is 28.1. The Balaban J connectivity index is 0. The predicted octanol–water partition coefficient (Wildman–Crippen LogP) is 6.70.